The lowest BCUT2D eigenvalue weighted by Crippen LogP contribution is -2.50. The van der Waals surface area contributed by atoms with E-state index >= 15 is 0 Å². The van der Waals surface area contributed by atoms with Gasteiger partial charge in [-0.05, 0) is 31.7 Å². The third-order valence-corrected chi connectivity index (χ3v) is 4.43. The number of methoxy groups -OCH3 is 1. The molecule has 1 saturated heterocycles. The highest BCUT2D eigenvalue weighted by Crippen LogP contribution is 2.28. The van der Waals surface area contributed by atoms with Crippen LogP contribution in [0.25, 0.3) is 0 Å². The molecular weight excluding hydrogens is 286 g/mol. The zero-order valence-electron chi connectivity index (χ0n) is 13.2. The van der Waals surface area contributed by atoms with E-state index in [-0.39, 0.29) is 0 Å². The minimum atomic E-state index is 0.560. The summed E-state index contributed by atoms with van der Waals surface area (Å²) in [5.41, 5.74) is 2.36. The first-order valence-electron chi connectivity index (χ1n) is 7.55. The SMILES string of the molecule is COCCNCc1ccc(N2CCN(C)C(C)C2)c(Cl)c1. The topological polar surface area (TPSA) is 27.7 Å². The minimum Gasteiger partial charge on any atom is -0.383 e. The van der Waals surface area contributed by atoms with E-state index in [1.54, 1.807) is 7.11 Å². The van der Waals surface area contributed by atoms with Gasteiger partial charge in [-0.2, -0.15) is 0 Å². The van der Waals surface area contributed by atoms with Crippen molar-refractivity contribution >= 4 is 17.3 Å². The van der Waals surface area contributed by atoms with E-state index in [1.165, 1.54) is 5.56 Å². The summed E-state index contributed by atoms with van der Waals surface area (Å²) < 4.78 is 5.02. The zero-order chi connectivity index (χ0) is 15.2. The van der Waals surface area contributed by atoms with Crippen molar-refractivity contribution in [2.24, 2.45) is 0 Å². The number of ether oxygens (including phenoxy) is 1. The molecule has 5 heteroatoms. The Morgan fingerprint density at radius 2 is 2.19 bits per heavy atom. The van der Waals surface area contributed by atoms with E-state index in [0.29, 0.717) is 6.04 Å². The van der Waals surface area contributed by atoms with Crippen LogP contribution in [-0.2, 0) is 11.3 Å². The first-order chi connectivity index (χ1) is 10.1. The number of nitrogens with zero attached hydrogens (tertiary/aromatic N) is 2. The van der Waals surface area contributed by atoms with E-state index in [2.05, 4.69) is 47.3 Å². The van der Waals surface area contributed by atoms with Gasteiger partial charge in [0, 0.05) is 45.9 Å². The number of piperazine rings is 1. The summed E-state index contributed by atoms with van der Waals surface area (Å²) in [6.07, 6.45) is 0. The largest absolute Gasteiger partial charge is 0.383 e. The number of rotatable bonds is 6. The molecule has 4 nitrogen and oxygen atoms in total. The summed E-state index contributed by atoms with van der Waals surface area (Å²) in [4.78, 5) is 4.77. The molecule has 2 rings (SSSR count). The van der Waals surface area contributed by atoms with Crippen LogP contribution in [-0.4, -0.2) is 57.9 Å². The predicted molar refractivity (Wildman–Crippen MR) is 89.3 cm³/mol. The number of nitrogens with one attached hydrogen (secondary N) is 1. The Hall–Kier alpha value is -0.810. The average molecular weight is 312 g/mol. The van der Waals surface area contributed by atoms with Crippen LogP contribution in [0.1, 0.15) is 12.5 Å². The van der Waals surface area contributed by atoms with Crippen molar-refractivity contribution in [1.82, 2.24) is 10.2 Å². The van der Waals surface area contributed by atoms with Gasteiger partial charge in [0.15, 0.2) is 0 Å². The highest BCUT2D eigenvalue weighted by atomic mass is 35.5. The lowest BCUT2D eigenvalue weighted by atomic mass is 10.1. The fourth-order valence-corrected chi connectivity index (χ4v) is 2.91. The van der Waals surface area contributed by atoms with Gasteiger partial charge in [-0.3, -0.25) is 0 Å². The van der Waals surface area contributed by atoms with Gasteiger partial charge < -0.3 is 19.9 Å². The molecule has 0 spiro atoms. The normalized spacial score (nSPS) is 20.0. The van der Waals surface area contributed by atoms with E-state index < -0.39 is 0 Å². The van der Waals surface area contributed by atoms with Crippen LogP contribution in [0, 0.1) is 0 Å². The Morgan fingerprint density at radius 1 is 1.38 bits per heavy atom. The Bertz CT molecular complexity index is 455. The van der Waals surface area contributed by atoms with Gasteiger partial charge >= 0.3 is 0 Å². The number of halogens is 1. The molecule has 1 aromatic rings. The van der Waals surface area contributed by atoms with E-state index in [4.69, 9.17) is 16.3 Å². The van der Waals surface area contributed by atoms with Crippen molar-refractivity contribution in [2.75, 3.05) is 51.8 Å². The quantitative estimate of drug-likeness (QED) is 0.815. The van der Waals surface area contributed by atoms with Crippen molar-refractivity contribution in [3.05, 3.63) is 28.8 Å². The molecule has 1 unspecified atom stereocenters. The summed E-state index contributed by atoms with van der Waals surface area (Å²) in [5, 5.41) is 4.18. The van der Waals surface area contributed by atoms with Crippen LogP contribution in [0.4, 0.5) is 5.69 Å². The first-order valence-corrected chi connectivity index (χ1v) is 7.93. The van der Waals surface area contributed by atoms with Crippen molar-refractivity contribution in [1.29, 1.82) is 0 Å². The Kier molecular flexibility index (Phi) is 6.30. The van der Waals surface area contributed by atoms with Crippen LogP contribution in [0.2, 0.25) is 5.02 Å². The summed E-state index contributed by atoms with van der Waals surface area (Å²) in [7, 11) is 3.89. The molecule has 1 heterocycles. The smallest absolute Gasteiger partial charge is 0.0642 e. The van der Waals surface area contributed by atoms with Crippen LogP contribution < -0.4 is 10.2 Å². The number of hydrogen-bond donors (Lipinski definition) is 1. The van der Waals surface area contributed by atoms with Gasteiger partial charge in [-0.1, -0.05) is 17.7 Å². The maximum atomic E-state index is 6.48. The number of hydrogen-bond acceptors (Lipinski definition) is 4. The van der Waals surface area contributed by atoms with Gasteiger partial charge in [0.2, 0.25) is 0 Å². The van der Waals surface area contributed by atoms with Crippen LogP contribution >= 0.6 is 11.6 Å². The van der Waals surface area contributed by atoms with E-state index in [9.17, 15) is 0 Å². The Labute approximate surface area is 133 Å². The van der Waals surface area contributed by atoms with Crippen molar-refractivity contribution in [2.45, 2.75) is 19.5 Å². The second kappa shape index (κ2) is 7.99. The molecule has 1 aliphatic rings. The molecule has 1 aromatic carbocycles. The van der Waals surface area contributed by atoms with E-state index in [0.717, 1.165) is 50.0 Å². The van der Waals surface area contributed by atoms with Crippen LogP contribution in [0.3, 0.4) is 0 Å². The summed E-state index contributed by atoms with van der Waals surface area (Å²) in [6, 6.07) is 6.93. The van der Waals surface area contributed by atoms with Gasteiger partial charge in [0.05, 0.1) is 17.3 Å². The molecular formula is C16H26ClN3O. The minimum absolute atomic E-state index is 0.560. The number of benzene rings is 1. The van der Waals surface area contributed by atoms with Crippen molar-refractivity contribution in [3.63, 3.8) is 0 Å². The summed E-state index contributed by atoms with van der Waals surface area (Å²) in [6.45, 7) is 7.80. The molecule has 1 atom stereocenters. The molecule has 1 fully saturated rings. The molecule has 0 aliphatic carbocycles. The third kappa shape index (κ3) is 4.58. The predicted octanol–water partition coefficient (Wildman–Crippen LogP) is 2.22. The molecule has 0 amide bonds. The lowest BCUT2D eigenvalue weighted by Gasteiger charge is -2.39. The lowest BCUT2D eigenvalue weighted by molar-refractivity contribution is 0.199. The average Bonchev–Trinajstić information content (AvgIpc) is 2.47. The third-order valence-electron chi connectivity index (χ3n) is 4.12. The maximum Gasteiger partial charge on any atom is 0.0642 e. The van der Waals surface area contributed by atoms with Crippen molar-refractivity contribution < 1.29 is 4.74 Å². The molecule has 0 bridgehead atoms. The Balaban J connectivity index is 1.95. The number of anilines is 1. The zero-order valence-corrected chi connectivity index (χ0v) is 14.0. The van der Waals surface area contributed by atoms with Gasteiger partial charge in [0.1, 0.15) is 0 Å². The number of likely N-dealkylation sites (N-methyl/N-ethyl adjacent to an activating group) is 1. The van der Waals surface area contributed by atoms with Crippen LogP contribution in [0.15, 0.2) is 18.2 Å². The molecule has 118 valence electrons. The molecule has 1 aliphatic heterocycles. The van der Waals surface area contributed by atoms with Gasteiger partial charge in [-0.25, -0.2) is 0 Å². The molecule has 1 N–H and O–H groups in total. The second-order valence-electron chi connectivity index (χ2n) is 5.73. The van der Waals surface area contributed by atoms with E-state index in [1.807, 2.05) is 0 Å². The standard InChI is InChI=1S/C16H26ClN3O/c1-13-12-20(8-7-19(13)2)16-5-4-14(10-15(16)17)11-18-6-9-21-3/h4-5,10,13,18H,6-9,11-12H2,1-3H3. The van der Waals surface area contributed by atoms with Gasteiger partial charge in [-0.15, -0.1) is 0 Å². The summed E-state index contributed by atoms with van der Waals surface area (Å²) in [5.74, 6) is 0. The highest BCUT2D eigenvalue weighted by Gasteiger charge is 2.22. The summed E-state index contributed by atoms with van der Waals surface area (Å²) >= 11 is 6.48. The van der Waals surface area contributed by atoms with Crippen molar-refractivity contribution in [3.8, 4) is 0 Å². The first kappa shape index (κ1) is 16.6. The molecule has 0 radical (unpaired) electrons. The monoisotopic (exact) mass is 311 g/mol. The Morgan fingerprint density at radius 3 is 2.86 bits per heavy atom. The van der Waals surface area contributed by atoms with Crippen LogP contribution in [0.5, 0.6) is 0 Å². The second-order valence-corrected chi connectivity index (χ2v) is 6.14. The molecule has 21 heavy (non-hydrogen) atoms. The van der Waals surface area contributed by atoms with Gasteiger partial charge in [0.25, 0.3) is 0 Å². The highest BCUT2D eigenvalue weighted by molar-refractivity contribution is 6.33. The fourth-order valence-electron chi connectivity index (χ4n) is 2.59. The maximum absolute atomic E-state index is 6.48. The molecule has 0 saturated carbocycles. The fraction of sp³-hybridized carbons (Fsp3) is 0.625. The molecule has 0 aromatic heterocycles.